The third-order valence-corrected chi connectivity index (χ3v) is 4.87. The van der Waals surface area contributed by atoms with Gasteiger partial charge in [-0.1, -0.05) is 25.4 Å². The smallest absolute Gasteiger partial charge is 0.325 e. The number of fused-ring (bicyclic) bond motifs is 1. The molecule has 136 valence electrons. The number of carbonyl (C=O) groups excluding carboxylic acids is 2. The lowest BCUT2D eigenvalue weighted by atomic mass is 9.92. The first-order chi connectivity index (χ1) is 11.8. The van der Waals surface area contributed by atoms with Crippen LogP contribution in [0, 0.1) is 5.92 Å². The Morgan fingerprint density at radius 2 is 2.12 bits per heavy atom. The molecule has 0 aromatic heterocycles. The van der Waals surface area contributed by atoms with Crippen LogP contribution in [0.5, 0.6) is 5.75 Å². The molecule has 2 aliphatic rings. The normalized spacial score (nSPS) is 22.8. The number of nitrogens with one attached hydrogen (secondary N) is 1. The lowest BCUT2D eigenvalue weighted by Gasteiger charge is -2.24. The van der Waals surface area contributed by atoms with E-state index in [1.54, 1.807) is 19.1 Å². The van der Waals surface area contributed by atoms with Gasteiger partial charge in [0.2, 0.25) is 0 Å². The maximum absolute atomic E-state index is 12.9. The summed E-state index contributed by atoms with van der Waals surface area (Å²) in [6.07, 6.45) is 1.48. The van der Waals surface area contributed by atoms with Gasteiger partial charge in [-0.2, -0.15) is 0 Å². The minimum absolute atomic E-state index is 0.130. The molecule has 0 bridgehead atoms. The average Bonchev–Trinajstić information content (AvgIpc) is 2.76. The SMILES string of the molecule is CC(C)CC[C@@]1(C)NC(=O)N(Cc2cc(Cl)cc3c2OCOC3)C1=O. The lowest BCUT2D eigenvalue weighted by Crippen LogP contribution is -2.44. The van der Waals surface area contributed by atoms with E-state index >= 15 is 0 Å². The van der Waals surface area contributed by atoms with Crippen LogP contribution in [0.25, 0.3) is 0 Å². The molecule has 2 aliphatic heterocycles. The zero-order valence-corrected chi connectivity index (χ0v) is 15.5. The van der Waals surface area contributed by atoms with E-state index in [0.29, 0.717) is 35.3 Å². The fourth-order valence-corrected chi connectivity index (χ4v) is 3.45. The maximum atomic E-state index is 12.9. The number of benzene rings is 1. The van der Waals surface area contributed by atoms with E-state index in [-0.39, 0.29) is 25.3 Å². The van der Waals surface area contributed by atoms with Crippen LogP contribution in [-0.4, -0.2) is 29.2 Å². The minimum atomic E-state index is -0.857. The van der Waals surface area contributed by atoms with Gasteiger partial charge in [-0.3, -0.25) is 9.69 Å². The lowest BCUT2D eigenvalue weighted by molar-refractivity contribution is -0.131. The van der Waals surface area contributed by atoms with Gasteiger partial charge in [-0.25, -0.2) is 4.79 Å². The highest BCUT2D eigenvalue weighted by Gasteiger charge is 2.47. The summed E-state index contributed by atoms with van der Waals surface area (Å²) in [5.74, 6) is 0.898. The number of nitrogens with zero attached hydrogens (tertiary/aromatic N) is 1. The van der Waals surface area contributed by atoms with Gasteiger partial charge in [0.15, 0.2) is 6.79 Å². The summed E-state index contributed by atoms with van der Waals surface area (Å²) in [7, 11) is 0. The van der Waals surface area contributed by atoms with Crippen LogP contribution in [0.4, 0.5) is 4.79 Å². The van der Waals surface area contributed by atoms with Gasteiger partial charge in [0.1, 0.15) is 11.3 Å². The Hall–Kier alpha value is -1.79. The summed E-state index contributed by atoms with van der Waals surface area (Å²) in [5.41, 5.74) is 0.676. The van der Waals surface area contributed by atoms with Gasteiger partial charge in [0.25, 0.3) is 5.91 Å². The Morgan fingerprint density at radius 3 is 2.84 bits per heavy atom. The highest BCUT2D eigenvalue weighted by atomic mass is 35.5. The van der Waals surface area contributed by atoms with Crippen LogP contribution in [0.2, 0.25) is 5.02 Å². The van der Waals surface area contributed by atoms with Crippen molar-refractivity contribution in [3.63, 3.8) is 0 Å². The first-order valence-corrected chi connectivity index (χ1v) is 8.84. The third kappa shape index (κ3) is 3.60. The molecule has 1 saturated heterocycles. The Morgan fingerprint density at radius 1 is 1.36 bits per heavy atom. The summed E-state index contributed by atoms with van der Waals surface area (Å²) in [4.78, 5) is 26.5. The molecule has 25 heavy (non-hydrogen) atoms. The van der Waals surface area contributed by atoms with Crippen LogP contribution < -0.4 is 10.1 Å². The van der Waals surface area contributed by atoms with Gasteiger partial charge < -0.3 is 14.8 Å². The molecular weight excluding hydrogens is 344 g/mol. The number of imide groups is 1. The second-order valence-electron chi connectivity index (χ2n) is 7.25. The molecule has 0 saturated carbocycles. The van der Waals surface area contributed by atoms with Gasteiger partial charge in [0.05, 0.1) is 13.2 Å². The fraction of sp³-hybridized carbons (Fsp3) is 0.556. The largest absolute Gasteiger partial charge is 0.467 e. The number of urea groups is 1. The van der Waals surface area contributed by atoms with Gasteiger partial charge in [-0.05, 0) is 37.8 Å². The zero-order valence-electron chi connectivity index (χ0n) is 14.7. The molecule has 1 aromatic carbocycles. The van der Waals surface area contributed by atoms with Crippen molar-refractivity contribution in [3.05, 3.63) is 28.3 Å². The second-order valence-corrected chi connectivity index (χ2v) is 7.69. The second kappa shape index (κ2) is 6.84. The van der Waals surface area contributed by atoms with E-state index in [9.17, 15) is 9.59 Å². The Labute approximate surface area is 152 Å². The summed E-state index contributed by atoms with van der Waals surface area (Å²) in [6, 6.07) is 3.13. The molecule has 1 atom stereocenters. The highest BCUT2D eigenvalue weighted by molar-refractivity contribution is 6.30. The van der Waals surface area contributed by atoms with Crippen molar-refractivity contribution in [3.8, 4) is 5.75 Å². The molecule has 1 fully saturated rings. The topological polar surface area (TPSA) is 67.9 Å². The molecule has 0 aliphatic carbocycles. The van der Waals surface area contributed by atoms with E-state index in [2.05, 4.69) is 19.2 Å². The van der Waals surface area contributed by atoms with Crippen molar-refractivity contribution in [2.75, 3.05) is 6.79 Å². The zero-order chi connectivity index (χ0) is 18.2. The van der Waals surface area contributed by atoms with Crippen molar-refractivity contribution in [1.82, 2.24) is 10.2 Å². The van der Waals surface area contributed by atoms with Crippen LogP contribution in [0.15, 0.2) is 12.1 Å². The van der Waals surface area contributed by atoms with Gasteiger partial charge in [-0.15, -0.1) is 0 Å². The Balaban J connectivity index is 1.83. The maximum Gasteiger partial charge on any atom is 0.325 e. The van der Waals surface area contributed by atoms with Crippen LogP contribution in [0.1, 0.15) is 44.7 Å². The molecule has 2 heterocycles. The van der Waals surface area contributed by atoms with Crippen molar-refractivity contribution >= 4 is 23.5 Å². The molecule has 3 rings (SSSR count). The summed E-state index contributed by atoms with van der Waals surface area (Å²) in [5, 5.41) is 3.36. The van der Waals surface area contributed by atoms with Crippen molar-refractivity contribution in [2.24, 2.45) is 5.92 Å². The Kier molecular flexibility index (Phi) is 4.93. The van der Waals surface area contributed by atoms with Crippen molar-refractivity contribution in [1.29, 1.82) is 0 Å². The number of carbonyl (C=O) groups is 2. The molecule has 0 unspecified atom stereocenters. The number of halogens is 1. The van der Waals surface area contributed by atoms with Crippen molar-refractivity contribution in [2.45, 2.75) is 52.3 Å². The average molecular weight is 367 g/mol. The first-order valence-electron chi connectivity index (χ1n) is 8.46. The van der Waals surface area contributed by atoms with Crippen LogP contribution in [-0.2, 0) is 22.7 Å². The fourth-order valence-electron chi connectivity index (χ4n) is 3.18. The van der Waals surface area contributed by atoms with Crippen LogP contribution in [0.3, 0.4) is 0 Å². The molecule has 1 aromatic rings. The molecule has 0 spiro atoms. The number of hydrogen-bond donors (Lipinski definition) is 1. The van der Waals surface area contributed by atoms with E-state index < -0.39 is 5.54 Å². The minimum Gasteiger partial charge on any atom is -0.467 e. The van der Waals surface area contributed by atoms with E-state index in [4.69, 9.17) is 21.1 Å². The predicted octanol–water partition coefficient (Wildman–Crippen LogP) is 3.45. The Bertz CT molecular complexity index is 707. The first kappa shape index (κ1) is 18.0. The molecule has 7 heteroatoms. The number of amides is 3. The third-order valence-electron chi connectivity index (χ3n) is 4.65. The molecule has 6 nitrogen and oxygen atoms in total. The highest BCUT2D eigenvalue weighted by Crippen LogP contribution is 2.34. The molecule has 3 amide bonds. The molecule has 1 N–H and O–H groups in total. The number of ether oxygens (including phenoxy) is 2. The van der Waals surface area contributed by atoms with E-state index in [0.717, 1.165) is 12.0 Å². The monoisotopic (exact) mass is 366 g/mol. The number of rotatable bonds is 5. The van der Waals surface area contributed by atoms with Crippen LogP contribution >= 0.6 is 11.6 Å². The predicted molar refractivity (Wildman–Crippen MR) is 93.3 cm³/mol. The summed E-state index contributed by atoms with van der Waals surface area (Å²) >= 11 is 6.17. The quantitative estimate of drug-likeness (QED) is 0.810. The van der Waals surface area contributed by atoms with E-state index in [1.165, 1.54) is 4.90 Å². The van der Waals surface area contributed by atoms with Crippen molar-refractivity contribution < 1.29 is 19.1 Å². The van der Waals surface area contributed by atoms with Gasteiger partial charge >= 0.3 is 6.03 Å². The number of hydrogen-bond acceptors (Lipinski definition) is 4. The molecule has 0 radical (unpaired) electrons. The standard InChI is InChI=1S/C18H23ClN2O4/c1-11(2)4-5-18(3)16(22)21(17(23)20-18)8-12-6-14(19)7-13-9-24-10-25-15(12)13/h6-7,11H,4-5,8-10H2,1-3H3,(H,20,23)/t18-/m1/s1. The van der Waals surface area contributed by atoms with Gasteiger partial charge in [0, 0.05) is 16.1 Å². The summed E-state index contributed by atoms with van der Waals surface area (Å²) in [6.45, 7) is 6.65. The van der Waals surface area contributed by atoms with E-state index in [1.807, 2.05) is 0 Å². The molecular formula is C18H23ClN2O4. The summed E-state index contributed by atoms with van der Waals surface area (Å²) < 4.78 is 10.8.